The molecule has 0 aromatic heterocycles. The Hall–Kier alpha value is 0.110. The van der Waals surface area contributed by atoms with Crippen molar-refractivity contribution < 1.29 is 8.39 Å². The van der Waals surface area contributed by atoms with Crippen molar-refractivity contribution in [3.05, 3.63) is 0 Å². The topological polar surface area (TPSA) is 26.3 Å². The maximum absolute atomic E-state index is 9.93. The van der Waals surface area contributed by atoms with Crippen LogP contribution >= 0.6 is 0 Å². The summed E-state index contributed by atoms with van der Waals surface area (Å²) in [7, 11) is 0. The van der Waals surface area contributed by atoms with Gasteiger partial charge in [0.05, 0.1) is 6.61 Å². The normalized spacial score (nSPS) is 14.3. The SMILES string of the molecule is CCOS(C)=O. The van der Waals surface area contributed by atoms with Crippen LogP contribution in [-0.2, 0) is 15.3 Å². The molecule has 1 atom stereocenters. The average Bonchev–Trinajstić information content (AvgIpc) is 1.35. The summed E-state index contributed by atoms with van der Waals surface area (Å²) in [5.74, 6) is 0. The van der Waals surface area contributed by atoms with Crippen LogP contribution in [0.3, 0.4) is 0 Å². The molecular weight excluding hydrogens is 100 g/mol. The summed E-state index contributed by atoms with van der Waals surface area (Å²) in [6, 6.07) is 0. The van der Waals surface area contributed by atoms with Crippen LogP contribution in [0.2, 0.25) is 0 Å². The van der Waals surface area contributed by atoms with Crippen molar-refractivity contribution in [3.8, 4) is 0 Å². The van der Waals surface area contributed by atoms with Crippen molar-refractivity contribution in [2.45, 2.75) is 6.92 Å². The molecule has 1 unspecified atom stereocenters. The molecule has 0 amide bonds. The van der Waals surface area contributed by atoms with Gasteiger partial charge in [0.2, 0.25) is 0 Å². The van der Waals surface area contributed by atoms with E-state index in [9.17, 15) is 4.21 Å². The van der Waals surface area contributed by atoms with Crippen LogP contribution in [0.1, 0.15) is 6.92 Å². The van der Waals surface area contributed by atoms with Crippen molar-refractivity contribution in [2.24, 2.45) is 0 Å². The van der Waals surface area contributed by atoms with E-state index >= 15 is 0 Å². The van der Waals surface area contributed by atoms with E-state index in [2.05, 4.69) is 4.18 Å². The van der Waals surface area contributed by atoms with Gasteiger partial charge in [-0.05, 0) is 6.92 Å². The Morgan fingerprint density at radius 1 is 1.83 bits per heavy atom. The van der Waals surface area contributed by atoms with Crippen molar-refractivity contribution in [1.29, 1.82) is 0 Å². The van der Waals surface area contributed by atoms with E-state index in [0.717, 1.165) is 0 Å². The molecule has 0 aliphatic carbocycles. The molecule has 2 nitrogen and oxygen atoms in total. The molecule has 0 aromatic rings. The molecule has 0 radical (unpaired) electrons. The van der Waals surface area contributed by atoms with Gasteiger partial charge in [-0.1, -0.05) is 0 Å². The van der Waals surface area contributed by atoms with Crippen molar-refractivity contribution in [2.75, 3.05) is 12.9 Å². The summed E-state index contributed by atoms with van der Waals surface area (Å²) < 4.78 is 14.4. The van der Waals surface area contributed by atoms with Gasteiger partial charge in [0, 0.05) is 6.26 Å². The van der Waals surface area contributed by atoms with Crippen LogP contribution in [0.5, 0.6) is 0 Å². The number of rotatable bonds is 2. The molecule has 0 fully saturated rings. The van der Waals surface area contributed by atoms with Gasteiger partial charge in [0.25, 0.3) is 0 Å². The minimum atomic E-state index is -1.07. The molecule has 0 bridgehead atoms. The smallest absolute Gasteiger partial charge is 0.152 e. The number of hydrogen-bond donors (Lipinski definition) is 0. The lowest BCUT2D eigenvalue weighted by atomic mass is 10.9. The highest BCUT2D eigenvalue weighted by molar-refractivity contribution is 7.79. The molecule has 0 saturated heterocycles. The first-order valence-electron chi connectivity index (χ1n) is 1.74. The van der Waals surface area contributed by atoms with E-state index in [-0.39, 0.29) is 0 Å². The van der Waals surface area contributed by atoms with Crippen LogP contribution in [0.4, 0.5) is 0 Å². The maximum Gasteiger partial charge on any atom is 0.152 e. The minimum absolute atomic E-state index is 0.531. The molecule has 0 aliphatic heterocycles. The molecule has 38 valence electrons. The zero-order valence-electron chi connectivity index (χ0n) is 3.93. The monoisotopic (exact) mass is 108 g/mol. The molecule has 6 heavy (non-hydrogen) atoms. The quantitative estimate of drug-likeness (QED) is 0.509. The van der Waals surface area contributed by atoms with Gasteiger partial charge in [-0.25, -0.2) is 4.21 Å². The fraction of sp³-hybridized carbons (Fsp3) is 1.00. The van der Waals surface area contributed by atoms with Crippen molar-refractivity contribution in [3.63, 3.8) is 0 Å². The standard InChI is InChI=1S/C3H8O2S/c1-3-5-6(2)4/h3H2,1-2H3. The summed E-state index contributed by atoms with van der Waals surface area (Å²) in [4.78, 5) is 0. The average molecular weight is 108 g/mol. The highest BCUT2D eigenvalue weighted by Crippen LogP contribution is 1.73. The van der Waals surface area contributed by atoms with Crippen LogP contribution in [0.25, 0.3) is 0 Å². The molecule has 0 aliphatic rings. The summed E-state index contributed by atoms with van der Waals surface area (Å²) >= 11 is -1.07. The van der Waals surface area contributed by atoms with E-state index < -0.39 is 11.1 Å². The fourth-order valence-electron chi connectivity index (χ4n) is 0.166. The molecule has 0 saturated carbocycles. The maximum atomic E-state index is 9.93. The predicted molar refractivity (Wildman–Crippen MR) is 25.7 cm³/mol. The molecular formula is C3H8O2S. The minimum Gasteiger partial charge on any atom is -0.291 e. The zero-order chi connectivity index (χ0) is 4.99. The first kappa shape index (κ1) is 6.11. The van der Waals surface area contributed by atoms with Gasteiger partial charge in [0.1, 0.15) is 0 Å². The first-order chi connectivity index (χ1) is 2.77. The van der Waals surface area contributed by atoms with E-state index in [1.165, 1.54) is 6.26 Å². The van der Waals surface area contributed by atoms with E-state index in [4.69, 9.17) is 0 Å². The Labute approximate surface area is 40.2 Å². The highest BCUT2D eigenvalue weighted by atomic mass is 32.2. The predicted octanol–water partition coefficient (Wildman–Crippen LogP) is 0.316. The molecule has 0 aromatic carbocycles. The Balaban J connectivity index is 2.83. The molecule has 0 heterocycles. The van der Waals surface area contributed by atoms with Gasteiger partial charge in [-0.2, -0.15) is 0 Å². The van der Waals surface area contributed by atoms with Gasteiger partial charge in [-0.15, -0.1) is 0 Å². The lowest BCUT2D eigenvalue weighted by molar-refractivity contribution is 0.375. The Bertz CT molecular complexity index is 52.8. The summed E-state index contributed by atoms with van der Waals surface area (Å²) in [6.07, 6.45) is 1.50. The largest absolute Gasteiger partial charge is 0.291 e. The van der Waals surface area contributed by atoms with E-state index in [1.54, 1.807) is 6.92 Å². The van der Waals surface area contributed by atoms with Gasteiger partial charge in [-0.3, -0.25) is 4.18 Å². The lowest BCUT2D eigenvalue weighted by Crippen LogP contribution is -1.90. The van der Waals surface area contributed by atoms with Gasteiger partial charge >= 0.3 is 0 Å². The van der Waals surface area contributed by atoms with E-state index in [0.29, 0.717) is 6.61 Å². The number of hydrogen-bond acceptors (Lipinski definition) is 2. The third kappa shape index (κ3) is 4.11. The van der Waals surface area contributed by atoms with Gasteiger partial charge < -0.3 is 0 Å². The Morgan fingerprint density at radius 2 is 2.33 bits per heavy atom. The van der Waals surface area contributed by atoms with Crippen LogP contribution in [-0.4, -0.2) is 17.1 Å². The van der Waals surface area contributed by atoms with Crippen molar-refractivity contribution in [1.82, 2.24) is 0 Å². The fourth-order valence-corrected chi connectivity index (χ4v) is 0.498. The van der Waals surface area contributed by atoms with Gasteiger partial charge in [0.15, 0.2) is 11.1 Å². The molecule has 0 rings (SSSR count). The highest BCUT2D eigenvalue weighted by Gasteiger charge is 1.79. The van der Waals surface area contributed by atoms with Crippen LogP contribution in [0, 0.1) is 0 Å². The molecule has 3 heteroatoms. The zero-order valence-corrected chi connectivity index (χ0v) is 4.75. The van der Waals surface area contributed by atoms with E-state index in [1.807, 2.05) is 0 Å². The third-order valence-corrected chi connectivity index (χ3v) is 0.851. The molecule has 0 N–H and O–H groups in total. The summed E-state index contributed by atoms with van der Waals surface area (Å²) in [6.45, 7) is 2.34. The molecule has 0 spiro atoms. The second-order valence-corrected chi connectivity index (χ2v) is 1.85. The first-order valence-corrected chi connectivity index (χ1v) is 3.22. The Morgan fingerprint density at radius 3 is 2.33 bits per heavy atom. The second-order valence-electron chi connectivity index (χ2n) is 0.808. The summed E-state index contributed by atoms with van der Waals surface area (Å²) in [5.41, 5.74) is 0. The lowest BCUT2D eigenvalue weighted by Gasteiger charge is -1.86. The second kappa shape index (κ2) is 3.31. The van der Waals surface area contributed by atoms with Crippen LogP contribution in [0.15, 0.2) is 0 Å². The summed E-state index contributed by atoms with van der Waals surface area (Å²) in [5, 5.41) is 0. The Kier molecular flexibility index (Phi) is 3.37. The van der Waals surface area contributed by atoms with Crippen molar-refractivity contribution >= 4 is 11.1 Å². The van der Waals surface area contributed by atoms with Crippen LogP contribution < -0.4 is 0 Å². The third-order valence-electron chi connectivity index (χ3n) is 0.284.